The van der Waals surface area contributed by atoms with E-state index in [2.05, 4.69) is 10.1 Å². The zero-order chi connectivity index (χ0) is 22.5. The molecule has 164 valence electrons. The number of nitrogens with one attached hydrogen (secondary N) is 2. The van der Waals surface area contributed by atoms with E-state index in [4.69, 9.17) is 4.74 Å². The number of alkyl carbamates (subject to hydrolysis) is 1. The van der Waals surface area contributed by atoms with Crippen molar-refractivity contribution in [3.8, 4) is 0 Å². The molecule has 29 heavy (non-hydrogen) atoms. The average Bonchev–Trinajstić information content (AvgIpc) is 2.53. The summed E-state index contributed by atoms with van der Waals surface area (Å²) >= 11 is 0. The van der Waals surface area contributed by atoms with Gasteiger partial charge in [0.1, 0.15) is 0 Å². The van der Waals surface area contributed by atoms with Crippen LogP contribution in [0.1, 0.15) is 38.0 Å². The largest absolute Gasteiger partial charge is 0.522 e. The summed E-state index contributed by atoms with van der Waals surface area (Å²) in [5.41, 5.74) is -2.17. The third-order valence-electron chi connectivity index (χ3n) is 3.12. The molecule has 0 aromatic heterocycles. The highest BCUT2D eigenvalue weighted by molar-refractivity contribution is 5.84. The van der Waals surface area contributed by atoms with Crippen molar-refractivity contribution in [1.82, 2.24) is 10.6 Å². The second-order valence-electron chi connectivity index (χ2n) is 6.87. The van der Waals surface area contributed by atoms with Gasteiger partial charge in [-0.15, -0.1) is 13.2 Å². The molecule has 0 saturated carbocycles. The molecule has 2 amide bonds. The first kappa shape index (κ1) is 24.5. The molecular weight excluding hydrogens is 410 g/mol. The van der Waals surface area contributed by atoms with E-state index in [0.29, 0.717) is 6.07 Å². The van der Waals surface area contributed by atoms with Crippen molar-refractivity contribution < 1.29 is 45.4 Å². The zero-order valence-electron chi connectivity index (χ0n) is 15.7. The van der Waals surface area contributed by atoms with Crippen LogP contribution in [0.5, 0.6) is 0 Å². The maximum Gasteiger partial charge on any atom is 0.522 e. The predicted octanol–water partition coefficient (Wildman–Crippen LogP) is 3.92. The van der Waals surface area contributed by atoms with E-state index in [1.54, 1.807) is 20.8 Å². The topological polar surface area (TPSA) is 76.7 Å². The lowest BCUT2D eigenvalue weighted by molar-refractivity contribution is -0.323. The van der Waals surface area contributed by atoms with Gasteiger partial charge in [0, 0.05) is 17.6 Å². The standard InChI is InChI=1S/C17H20F6N2O4/c1-15(2,3)25-14(27)29-12(13(26)24-7-8-28-17(21,22)23)10-5-4-6-11(9-10)16(18,19)20/h4-6,9,12H,7-8H2,1-3H3,(H,24,26)(H,25,27). The number of hydrogen-bond donors (Lipinski definition) is 2. The van der Waals surface area contributed by atoms with Gasteiger partial charge in [0.25, 0.3) is 5.91 Å². The van der Waals surface area contributed by atoms with Crippen LogP contribution in [0.3, 0.4) is 0 Å². The van der Waals surface area contributed by atoms with Gasteiger partial charge in [-0.25, -0.2) is 4.79 Å². The van der Waals surface area contributed by atoms with E-state index in [1.807, 2.05) is 5.32 Å². The van der Waals surface area contributed by atoms with Gasteiger partial charge in [0.2, 0.25) is 6.10 Å². The highest BCUT2D eigenvalue weighted by Crippen LogP contribution is 2.31. The Labute approximate surface area is 162 Å². The fourth-order valence-electron chi connectivity index (χ4n) is 2.03. The number of rotatable bonds is 6. The first-order chi connectivity index (χ1) is 13.1. The van der Waals surface area contributed by atoms with Crippen molar-refractivity contribution >= 4 is 12.0 Å². The first-order valence-electron chi connectivity index (χ1n) is 8.23. The second kappa shape index (κ2) is 9.33. The molecular formula is C17H20F6N2O4. The fourth-order valence-corrected chi connectivity index (χ4v) is 2.03. The number of hydrogen-bond acceptors (Lipinski definition) is 4. The van der Waals surface area contributed by atoms with Crippen molar-refractivity contribution in [3.05, 3.63) is 35.4 Å². The summed E-state index contributed by atoms with van der Waals surface area (Å²) in [6.07, 6.45) is -12.5. The lowest BCUT2D eigenvalue weighted by Crippen LogP contribution is -2.43. The zero-order valence-corrected chi connectivity index (χ0v) is 15.7. The number of ether oxygens (including phenoxy) is 2. The van der Waals surface area contributed by atoms with Crippen molar-refractivity contribution in [2.24, 2.45) is 0 Å². The highest BCUT2D eigenvalue weighted by atomic mass is 19.4. The SMILES string of the molecule is CC(C)(C)NC(=O)OC(C(=O)NCCOC(F)(F)F)c1cccc(C(F)(F)F)c1. The molecule has 0 fully saturated rings. The van der Waals surface area contributed by atoms with Gasteiger partial charge in [-0.3, -0.25) is 9.53 Å². The quantitative estimate of drug-likeness (QED) is 0.530. The third-order valence-corrected chi connectivity index (χ3v) is 3.12. The van der Waals surface area contributed by atoms with E-state index >= 15 is 0 Å². The van der Waals surface area contributed by atoms with Crippen LogP contribution in [0.15, 0.2) is 24.3 Å². The summed E-state index contributed by atoms with van der Waals surface area (Å²) in [5.74, 6) is -1.11. The molecule has 1 aromatic rings. The Morgan fingerprint density at radius 2 is 1.69 bits per heavy atom. The van der Waals surface area contributed by atoms with Crippen LogP contribution >= 0.6 is 0 Å². The molecule has 0 heterocycles. The normalized spacial score (nSPS) is 13.6. The van der Waals surface area contributed by atoms with E-state index in [9.17, 15) is 35.9 Å². The van der Waals surface area contributed by atoms with E-state index in [-0.39, 0.29) is 5.56 Å². The van der Waals surface area contributed by atoms with Gasteiger partial charge in [-0.1, -0.05) is 12.1 Å². The summed E-state index contributed by atoms with van der Waals surface area (Å²) in [5, 5.41) is 4.40. The highest BCUT2D eigenvalue weighted by Gasteiger charge is 2.33. The summed E-state index contributed by atoms with van der Waals surface area (Å²) in [4.78, 5) is 24.3. The van der Waals surface area contributed by atoms with Crippen LogP contribution < -0.4 is 10.6 Å². The molecule has 1 rings (SSSR count). The molecule has 0 bridgehead atoms. The number of carbonyl (C=O) groups excluding carboxylic acids is 2. The average molecular weight is 430 g/mol. The monoisotopic (exact) mass is 430 g/mol. The minimum Gasteiger partial charge on any atom is -0.431 e. The molecule has 0 aliphatic carbocycles. The summed E-state index contributed by atoms with van der Waals surface area (Å²) in [7, 11) is 0. The van der Waals surface area contributed by atoms with Gasteiger partial charge in [-0.2, -0.15) is 13.2 Å². The van der Waals surface area contributed by atoms with E-state index < -0.39 is 54.9 Å². The van der Waals surface area contributed by atoms with Crippen molar-refractivity contribution in [2.45, 2.75) is 45.0 Å². The number of carbonyl (C=O) groups is 2. The lowest BCUT2D eigenvalue weighted by atomic mass is 10.0. The lowest BCUT2D eigenvalue weighted by Gasteiger charge is -2.24. The van der Waals surface area contributed by atoms with Gasteiger partial charge < -0.3 is 15.4 Å². The third kappa shape index (κ3) is 9.50. The molecule has 1 aromatic carbocycles. The Morgan fingerprint density at radius 1 is 1.07 bits per heavy atom. The van der Waals surface area contributed by atoms with Crippen molar-refractivity contribution in [3.63, 3.8) is 0 Å². The van der Waals surface area contributed by atoms with Gasteiger partial charge in [-0.05, 0) is 32.9 Å². The summed E-state index contributed by atoms with van der Waals surface area (Å²) in [6, 6.07) is 3.50. The molecule has 6 nitrogen and oxygen atoms in total. The Bertz CT molecular complexity index is 713. The van der Waals surface area contributed by atoms with Crippen molar-refractivity contribution in [2.75, 3.05) is 13.2 Å². The summed E-state index contributed by atoms with van der Waals surface area (Å²) in [6.45, 7) is 3.25. The molecule has 0 spiro atoms. The van der Waals surface area contributed by atoms with Gasteiger partial charge >= 0.3 is 18.6 Å². The van der Waals surface area contributed by atoms with Crippen LogP contribution in [0.4, 0.5) is 31.1 Å². The molecule has 1 unspecified atom stereocenters. The van der Waals surface area contributed by atoms with Crippen LogP contribution in [0.25, 0.3) is 0 Å². The Balaban J connectivity index is 3.00. The number of amides is 2. The molecule has 0 aliphatic heterocycles. The smallest absolute Gasteiger partial charge is 0.431 e. The predicted molar refractivity (Wildman–Crippen MR) is 88.6 cm³/mol. The minimum absolute atomic E-state index is 0.307. The molecule has 2 N–H and O–H groups in total. The van der Waals surface area contributed by atoms with Crippen LogP contribution in [-0.2, 0) is 20.4 Å². The molecule has 0 radical (unpaired) electrons. The Morgan fingerprint density at radius 3 is 2.21 bits per heavy atom. The number of alkyl halides is 6. The van der Waals surface area contributed by atoms with Gasteiger partial charge in [0.15, 0.2) is 0 Å². The second-order valence-corrected chi connectivity index (χ2v) is 6.87. The fraction of sp³-hybridized carbons (Fsp3) is 0.529. The maximum atomic E-state index is 12.9. The Hall–Kier alpha value is -2.50. The van der Waals surface area contributed by atoms with Crippen LogP contribution in [0.2, 0.25) is 0 Å². The van der Waals surface area contributed by atoms with E-state index in [0.717, 1.165) is 18.2 Å². The molecule has 0 saturated heterocycles. The van der Waals surface area contributed by atoms with Gasteiger partial charge in [0.05, 0.1) is 12.2 Å². The Kier molecular flexibility index (Phi) is 7.90. The molecule has 0 aliphatic rings. The first-order valence-corrected chi connectivity index (χ1v) is 8.23. The van der Waals surface area contributed by atoms with Crippen molar-refractivity contribution in [1.29, 1.82) is 0 Å². The van der Waals surface area contributed by atoms with E-state index in [1.165, 1.54) is 0 Å². The molecule has 12 heteroatoms. The summed E-state index contributed by atoms with van der Waals surface area (Å²) < 4.78 is 83.2. The van der Waals surface area contributed by atoms with Crippen LogP contribution in [-0.4, -0.2) is 37.1 Å². The van der Waals surface area contributed by atoms with Crippen LogP contribution in [0, 0.1) is 0 Å². The maximum absolute atomic E-state index is 12.9. The number of benzene rings is 1. The number of halogens is 6. The molecule has 1 atom stereocenters. The minimum atomic E-state index is -4.91.